The molecular formula is C14H22N4O2. The highest BCUT2D eigenvalue weighted by Crippen LogP contribution is 2.32. The predicted octanol–water partition coefficient (Wildman–Crippen LogP) is 2.90. The Morgan fingerprint density at radius 2 is 2.20 bits per heavy atom. The molecule has 2 heterocycles. The molecule has 0 saturated carbocycles. The number of pyridine rings is 1. The van der Waals surface area contributed by atoms with Gasteiger partial charge < -0.3 is 10.2 Å². The molecule has 1 aliphatic heterocycles. The van der Waals surface area contributed by atoms with Crippen molar-refractivity contribution in [3.05, 3.63) is 22.2 Å². The number of aromatic nitrogens is 1. The molecule has 1 saturated heterocycles. The molecule has 6 heteroatoms. The van der Waals surface area contributed by atoms with E-state index in [1.165, 1.54) is 0 Å². The van der Waals surface area contributed by atoms with Gasteiger partial charge in [-0.25, -0.2) is 4.98 Å². The summed E-state index contributed by atoms with van der Waals surface area (Å²) in [6.07, 6.45) is 1.05. The number of hydrogen-bond acceptors (Lipinski definition) is 5. The number of anilines is 2. The maximum absolute atomic E-state index is 11.2. The Bertz CT molecular complexity index is 492. The molecule has 0 aromatic carbocycles. The van der Waals surface area contributed by atoms with Gasteiger partial charge in [-0.05, 0) is 31.2 Å². The second kappa shape index (κ2) is 6.07. The Morgan fingerprint density at radius 1 is 1.45 bits per heavy atom. The lowest BCUT2D eigenvalue weighted by Crippen LogP contribution is -2.39. The summed E-state index contributed by atoms with van der Waals surface area (Å²) in [4.78, 5) is 17.3. The lowest BCUT2D eigenvalue weighted by molar-refractivity contribution is -0.384. The Morgan fingerprint density at radius 3 is 2.80 bits per heavy atom. The molecule has 0 bridgehead atoms. The second-order valence-corrected chi connectivity index (χ2v) is 5.52. The van der Waals surface area contributed by atoms with Crippen LogP contribution in [0.2, 0.25) is 0 Å². The van der Waals surface area contributed by atoms with Crippen LogP contribution in [0.4, 0.5) is 17.3 Å². The van der Waals surface area contributed by atoms with Gasteiger partial charge in [-0.15, -0.1) is 0 Å². The zero-order chi connectivity index (χ0) is 14.7. The van der Waals surface area contributed by atoms with Crippen molar-refractivity contribution in [3.8, 4) is 0 Å². The molecule has 1 aliphatic rings. The molecular weight excluding hydrogens is 256 g/mol. The van der Waals surface area contributed by atoms with Gasteiger partial charge in [-0.1, -0.05) is 13.8 Å². The maximum atomic E-state index is 11.2. The molecule has 20 heavy (non-hydrogen) atoms. The van der Waals surface area contributed by atoms with Crippen LogP contribution in [0.3, 0.4) is 0 Å². The molecule has 2 rings (SSSR count). The van der Waals surface area contributed by atoms with Gasteiger partial charge >= 0.3 is 5.69 Å². The lowest BCUT2D eigenvalue weighted by Gasteiger charge is -2.35. The first-order chi connectivity index (χ1) is 9.52. The fourth-order valence-electron chi connectivity index (χ4n) is 2.55. The zero-order valence-electron chi connectivity index (χ0n) is 12.3. The van der Waals surface area contributed by atoms with Crippen molar-refractivity contribution in [2.45, 2.75) is 27.2 Å². The van der Waals surface area contributed by atoms with E-state index in [9.17, 15) is 10.1 Å². The molecule has 0 radical (unpaired) electrons. The summed E-state index contributed by atoms with van der Waals surface area (Å²) in [6.45, 7) is 8.81. The molecule has 2 unspecified atom stereocenters. The highest BCUT2D eigenvalue weighted by Gasteiger charge is 2.28. The minimum Gasteiger partial charge on any atom is -0.370 e. The van der Waals surface area contributed by atoms with Crippen LogP contribution < -0.4 is 10.2 Å². The highest BCUT2D eigenvalue weighted by molar-refractivity contribution is 5.62. The van der Waals surface area contributed by atoms with E-state index in [0.29, 0.717) is 23.5 Å². The van der Waals surface area contributed by atoms with Gasteiger partial charge in [0, 0.05) is 25.7 Å². The third-order valence-corrected chi connectivity index (χ3v) is 4.04. The molecule has 1 N–H and O–H groups in total. The van der Waals surface area contributed by atoms with Crippen LogP contribution in [-0.4, -0.2) is 29.5 Å². The van der Waals surface area contributed by atoms with Crippen LogP contribution in [0.25, 0.3) is 0 Å². The van der Waals surface area contributed by atoms with E-state index < -0.39 is 0 Å². The predicted molar refractivity (Wildman–Crippen MR) is 80.2 cm³/mol. The summed E-state index contributed by atoms with van der Waals surface area (Å²) in [5.74, 6) is 2.36. The van der Waals surface area contributed by atoms with Gasteiger partial charge in [0.25, 0.3) is 0 Å². The van der Waals surface area contributed by atoms with E-state index in [4.69, 9.17) is 0 Å². The highest BCUT2D eigenvalue weighted by atomic mass is 16.6. The normalized spacial score (nSPS) is 22.6. The average Bonchev–Trinajstić information content (AvgIpc) is 2.42. The van der Waals surface area contributed by atoms with E-state index in [0.717, 1.165) is 26.1 Å². The summed E-state index contributed by atoms with van der Waals surface area (Å²) in [5.41, 5.74) is 0.0911. The smallest absolute Gasteiger partial charge is 0.311 e. The fraction of sp³-hybridized carbons (Fsp3) is 0.643. The zero-order valence-corrected chi connectivity index (χ0v) is 12.3. The van der Waals surface area contributed by atoms with Crippen LogP contribution >= 0.6 is 0 Å². The first-order valence-electron chi connectivity index (χ1n) is 7.17. The van der Waals surface area contributed by atoms with Gasteiger partial charge in [0.15, 0.2) is 0 Å². The standard InChI is InChI=1S/C14H22N4O2/c1-4-15-13-6-5-12(18(19)20)14(16-13)17-8-7-10(2)11(3)9-17/h5-6,10-11H,4,7-9H2,1-3H3,(H,15,16). The third-order valence-electron chi connectivity index (χ3n) is 4.04. The number of nitrogens with zero attached hydrogens (tertiary/aromatic N) is 3. The van der Waals surface area contributed by atoms with E-state index in [1.807, 2.05) is 11.8 Å². The van der Waals surface area contributed by atoms with Crippen LogP contribution in [0.1, 0.15) is 27.2 Å². The molecule has 0 spiro atoms. The maximum Gasteiger partial charge on any atom is 0.311 e. The molecule has 2 atom stereocenters. The first kappa shape index (κ1) is 14.6. The second-order valence-electron chi connectivity index (χ2n) is 5.52. The van der Waals surface area contributed by atoms with Crippen molar-refractivity contribution in [1.82, 2.24) is 4.98 Å². The minimum absolute atomic E-state index is 0.0911. The van der Waals surface area contributed by atoms with E-state index >= 15 is 0 Å². The Hall–Kier alpha value is -1.85. The fourth-order valence-corrected chi connectivity index (χ4v) is 2.55. The van der Waals surface area contributed by atoms with Crippen molar-refractivity contribution >= 4 is 17.3 Å². The van der Waals surface area contributed by atoms with Gasteiger partial charge in [-0.2, -0.15) is 0 Å². The number of piperidine rings is 1. The van der Waals surface area contributed by atoms with Crippen LogP contribution in [-0.2, 0) is 0 Å². The van der Waals surface area contributed by atoms with Gasteiger partial charge in [0.2, 0.25) is 5.82 Å². The Balaban J connectivity index is 2.32. The quantitative estimate of drug-likeness (QED) is 0.677. The van der Waals surface area contributed by atoms with Crippen molar-refractivity contribution in [2.75, 3.05) is 29.9 Å². The summed E-state index contributed by atoms with van der Waals surface area (Å²) in [7, 11) is 0. The van der Waals surface area contributed by atoms with Crippen molar-refractivity contribution in [3.63, 3.8) is 0 Å². The van der Waals surface area contributed by atoms with E-state index in [2.05, 4.69) is 24.1 Å². The Kier molecular flexibility index (Phi) is 4.42. The van der Waals surface area contributed by atoms with Gasteiger partial charge in [0.1, 0.15) is 5.82 Å². The molecule has 0 aliphatic carbocycles. The summed E-state index contributed by atoms with van der Waals surface area (Å²) >= 11 is 0. The minimum atomic E-state index is -0.346. The number of hydrogen-bond donors (Lipinski definition) is 1. The summed E-state index contributed by atoms with van der Waals surface area (Å²) < 4.78 is 0. The molecule has 1 fully saturated rings. The SMILES string of the molecule is CCNc1ccc([N+](=O)[O-])c(N2CCC(C)C(C)C2)n1. The summed E-state index contributed by atoms with van der Waals surface area (Å²) in [5, 5.41) is 14.3. The molecule has 0 amide bonds. The van der Waals surface area contributed by atoms with Crippen molar-refractivity contribution < 1.29 is 4.92 Å². The lowest BCUT2D eigenvalue weighted by atomic mass is 9.88. The van der Waals surface area contributed by atoms with E-state index in [1.54, 1.807) is 12.1 Å². The summed E-state index contributed by atoms with van der Waals surface area (Å²) in [6, 6.07) is 3.21. The number of rotatable bonds is 4. The number of nitrogens with one attached hydrogen (secondary N) is 1. The Labute approximate surface area is 119 Å². The van der Waals surface area contributed by atoms with Crippen molar-refractivity contribution in [1.29, 1.82) is 0 Å². The molecule has 6 nitrogen and oxygen atoms in total. The van der Waals surface area contributed by atoms with Gasteiger partial charge in [-0.3, -0.25) is 10.1 Å². The average molecular weight is 278 g/mol. The molecule has 1 aromatic heterocycles. The monoisotopic (exact) mass is 278 g/mol. The van der Waals surface area contributed by atoms with Crippen LogP contribution in [0.15, 0.2) is 12.1 Å². The molecule has 1 aromatic rings. The van der Waals surface area contributed by atoms with Gasteiger partial charge in [0.05, 0.1) is 4.92 Å². The molecule has 110 valence electrons. The topological polar surface area (TPSA) is 71.3 Å². The third kappa shape index (κ3) is 3.00. The van der Waals surface area contributed by atoms with E-state index in [-0.39, 0.29) is 10.6 Å². The largest absolute Gasteiger partial charge is 0.370 e. The number of nitro groups is 1. The van der Waals surface area contributed by atoms with Crippen molar-refractivity contribution in [2.24, 2.45) is 11.8 Å². The van der Waals surface area contributed by atoms with Crippen LogP contribution in [0.5, 0.6) is 0 Å². The first-order valence-corrected chi connectivity index (χ1v) is 7.17. The van der Waals surface area contributed by atoms with Crippen LogP contribution in [0, 0.1) is 22.0 Å².